The lowest BCUT2D eigenvalue weighted by molar-refractivity contribution is 0.117. The van der Waals surface area contributed by atoms with Crippen LogP contribution in [0.4, 0.5) is 0 Å². The summed E-state index contributed by atoms with van der Waals surface area (Å²) >= 11 is 5.78. The number of hydrogen-bond acceptors (Lipinski definition) is 2. The second kappa shape index (κ2) is 4.10. The Kier molecular flexibility index (Phi) is 3.37. The van der Waals surface area contributed by atoms with E-state index in [1.807, 2.05) is 6.08 Å². The molecule has 0 aromatic rings. The fraction of sp³-hybridized carbons (Fsp3) is 0.750. The molecule has 0 unspecified atom stereocenters. The van der Waals surface area contributed by atoms with Crippen LogP contribution in [0.25, 0.3) is 0 Å². The molecule has 0 aromatic heterocycles. The topological polar surface area (TPSA) is 40.5 Å². The Hall–Kier alpha value is -0.0500. The van der Waals surface area contributed by atoms with Gasteiger partial charge < -0.3 is 10.2 Å². The maximum absolute atomic E-state index is 8.91. The Bertz CT molecular complexity index is 156. The summed E-state index contributed by atoms with van der Waals surface area (Å²) < 4.78 is 0. The van der Waals surface area contributed by atoms with E-state index >= 15 is 0 Å². The number of halogens is 1. The molecule has 11 heavy (non-hydrogen) atoms. The summed E-state index contributed by atoms with van der Waals surface area (Å²) in [4.78, 5) is 0. The largest absolute Gasteiger partial charge is 0.396 e. The van der Waals surface area contributed by atoms with Crippen LogP contribution in [0, 0.1) is 11.8 Å². The second-order valence-corrected chi connectivity index (χ2v) is 3.46. The molecule has 0 bridgehead atoms. The van der Waals surface area contributed by atoms with Crippen LogP contribution in [-0.4, -0.2) is 23.4 Å². The van der Waals surface area contributed by atoms with Crippen LogP contribution in [0.1, 0.15) is 12.8 Å². The van der Waals surface area contributed by atoms with Crippen molar-refractivity contribution in [1.82, 2.24) is 0 Å². The van der Waals surface area contributed by atoms with Gasteiger partial charge in [-0.15, -0.1) is 0 Å². The Morgan fingerprint density at radius 1 is 1.36 bits per heavy atom. The van der Waals surface area contributed by atoms with Crippen molar-refractivity contribution in [1.29, 1.82) is 0 Å². The fourth-order valence-electron chi connectivity index (χ4n) is 1.41. The van der Waals surface area contributed by atoms with Crippen LogP contribution in [0.5, 0.6) is 0 Å². The predicted octanol–water partition coefficient (Wildman–Crippen LogP) is 1.12. The lowest BCUT2D eigenvalue weighted by Gasteiger charge is -2.26. The Morgan fingerprint density at radius 2 is 2.00 bits per heavy atom. The van der Waals surface area contributed by atoms with Gasteiger partial charge in [-0.2, -0.15) is 0 Å². The summed E-state index contributed by atoms with van der Waals surface area (Å²) in [5.41, 5.74) is 0. The van der Waals surface area contributed by atoms with Crippen LogP contribution in [0.3, 0.4) is 0 Å². The van der Waals surface area contributed by atoms with Crippen molar-refractivity contribution >= 4 is 11.6 Å². The van der Waals surface area contributed by atoms with Crippen LogP contribution in [0.15, 0.2) is 11.1 Å². The number of aliphatic hydroxyl groups is 2. The van der Waals surface area contributed by atoms with Crippen molar-refractivity contribution in [2.45, 2.75) is 12.8 Å². The molecule has 0 radical (unpaired) electrons. The van der Waals surface area contributed by atoms with E-state index in [0.29, 0.717) is 6.42 Å². The van der Waals surface area contributed by atoms with Crippen LogP contribution < -0.4 is 0 Å². The molecule has 2 nitrogen and oxygen atoms in total. The monoisotopic (exact) mass is 176 g/mol. The molecule has 1 rings (SSSR count). The van der Waals surface area contributed by atoms with E-state index in [1.165, 1.54) is 0 Å². The summed E-state index contributed by atoms with van der Waals surface area (Å²) in [5, 5.41) is 18.6. The normalized spacial score (nSPS) is 31.7. The maximum atomic E-state index is 8.91. The third-order valence-corrected chi connectivity index (χ3v) is 2.54. The molecular weight excluding hydrogens is 164 g/mol. The van der Waals surface area contributed by atoms with E-state index in [9.17, 15) is 0 Å². The molecule has 0 aliphatic heterocycles. The lowest BCUT2D eigenvalue weighted by Crippen LogP contribution is -2.24. The minimum absolute atomic E-state index is 0.120. The summed E-state index contributed by atoms with van der Waals surface area (Å²) in [7, 11) is 0. The van der Waals surface area contributed by atoms with Gasteiger partial charge in [-0.25, -0.2) is 0 Å². The van der Waals surface area contributed by atoms with Gasteiger partial charge in [0.15, 0.2) is 0 Å². The molecule has 0 fully saturated rings. The second-order valence-electron chi connectivity index (χ2n) is 2.98. The number of rotatable bonds is 2. The SMILES string of the molecule is OC[C@@H]1CC=C(Cl)C[C@H]1CO. The standard InChI is InChI=1S/C8H13ClO2/c9-8-2-1-6(4-10)7(3-8)5-11/h2,6-7,10-11H,1,3-5H2/t6-,7-/m0/s1. The molecule has 2 atom stereocenters. The van der Waals surface area contributed by atoms with Crippen LogP contribution in [0.2, 0.25) is 0 Å². The highest BCUT2D eigenvalue weighted by atomic mass is 35.5. The van der Waals surface area contributed by atoms with Gasteiger partial charge in [0.05, 0.1) is 0 Å². The fourth-order valence-corrected chi connectivity index (χ4v) is 1.70. The number of allylic oxidation sites excluding steroid dienone is 2. The van der Waals surface area contributed by atoms with E-state index in [0.717, 1.165) is 11.5 Å². The van der Waals surface area contributed by atoms with Gasteiger partial charge in [0, 0.05) is 18.2 Å². The molecule has 2 N–H and O–H groups in total. The number of aliphatic hydroxyl groups excluding tert-OH is 2. The van der Waals surface area contributed by atoms with E-state index < -0.39 is 0 Å². The van der Waals surface area contributed by atoms with Crippen molar-refractivity contribution in [2.24, 2.45) is 11.8 Å². The van der Waals surface area contributed by atoms with Crippen molar-refractivity contribution in [3.05, 3.63) is 11.1 Å². The molecule has 0 spiro atoms. The highest BCUT2D eigenvalue weighted by Crippen LogP contribution is 2.30. The minimum atomic E-state index is 0.120. The molecule has 1 aliphatic carbocycles. The van der Waals surface area contributed by atoms with Crippen LogP contribution in [-0.2, 0) is 0 Å². The summed E-state index contributed by atoms with van der Waals surface area (Å²) in [6.07, 6.45) is 3.43. The quantitative estimate of drug-likeness (QED) is 0.662. The Labute approximate surface area is 71.5 Å². The first-order valence-corrected chi connectivity index (χ1v) is 4.22. The van der Waals surface area contributed by atoms with Crippen molar-refractivity contribution in [3.8, 4) is 0 Å². The summed E-state index contributed by atoms with van der Waals surface area (Å²) in [6.45, 7) is 0.265. The maximum Gasteiger partial charge on any atom is 0.0466 e. The zero-order valence-corrected chi connectivity index (χ0v) is 7.09. The van der Waals surface area contributed by atoms with Crippen molar-refractivity contribution in [2.75, 3.05) is 13.2 Å². The molecule has 0 amide bonds. The Morgan fingerprint density at radius 3 is 2.55 bits per heavy atom. The van der Waals surface area contributed by atoms with Crippen LogP contribution >= 0.6 is 11.6 Å². The van der Waals surface area contributed by atoms with Gasteiger partial charge in [0.25, 0.3) is 0 Å². The molecular formula is C8H13ClO2. The van der Waals surface area contributed by atoms with Gasteiger partial charge in [0.2, 0.25) is 0 Å². The van der Waals surface area contributed by atoms with E-state index in [4.69, 9.17) is 21.8 Å². The number of hydrogen-bond donors (Lipinski definition) is 2. The Balaban J connectivity index is 2.55. The van der Waals surface area contributed by atoms with Gasteiger partial charge in [-0.1, -0.05) is 17.7 Å². The lowest BCUT2D eigenvalue weighted by atomic mass is 9.84. The van der Waals surface area contributed by atoms with Gasteiger partial charge in [0.1, 0.15) is 0 Å². The van der Waals surface area contributed by atoms with Gasteiger partial charge in [-0.05, 0) is 24.7 Å². The van der Waals surface area contributed by atoms with E-state index in [1.54, 1.807) is 0 Å². The highest BCUT2D eigenvalue weighted by Gasteiger charge is 2.23. The molecule has 1 aliphatic rings. The van der Waals surface area contributed by atoms with Gasteiger partial charge >= 0.3 is 0 Å². The average molecular weight is 177 g/mol. The van der Waals surface area contributed by atoms with Gasteiger partial charge in [-0.3, -0.25) is 0 Å². The highest BCUT2D eigenvalue weighted by molar-refractivity contribution is 6.29. The van der Waals surface area contributed by atoms with E-state index in [2.05, 4.69) is 0 Å². The molecule has 0 saturated heterocycles. The zero-order valence-electron chi connectivity index (χ0n) is 6.33. The molecule has 64 valence electrons. The molecule has 3 heteroatoms. The average Bonchev–Trinajstić information content (AvgIpc) is 2.04. The third-order valence-electron chi connectivity index (χ3n) is 2.23. The van der Waals surface area contributed by atoms with Crippen molar-refractivity contribution in [3.63, 3.8) is 0 Å². The first kappa shape index (κ1) is 9.04. The molecule has 0 heterocycles. The first-order valence-electron chi connectivity index (χ1n) is 3.84. The molecule has 0 saturated carbocycles. The smallest absolute Gasteiger partial charge is 0.0466 e. The first-order chi connectivity index (χ1) is 5.27. The zero-order chi connectivity index (χ0) is 8.27. The van der Waals surface area contributed by atoms with E-state index in [-0.39, 0.29) is 25.0 Å². The predicted molar refractivity (Wildman–Crippen MR) is 44.3 cm³/mol. The molecule has 0 aromatic carbocycles. The van der Waals surface area contributed by atoms with Crippen molar-refractivity contribution < 1.29 is 10.2 Å². The minimum Gasteiger partial charge on any atom is -0.396 e. The third kappa shape index (κ3) is 2.19. The summed E-state index contributed by atoms with van der Waals surface area (Å²) in [6, 6.07) is 0. The summed E-state index contributed by atoms with van der Waals surface area (Å²) in [5.74, 6) is 0.347.